The van der Waals surface area contributed by atoms with Gasteiger partial charge in [-0.25, -0.2) is 4.98 Å². The van der Waals surface area contributed by atoms with E-state index in [1.807, 2.05) is 23.5 Å². The monoisotopic (exact) mass is 288 g/mol. The fourth-order valence-electron chi connectivity index (χ4n) is 2.29. The first kappa shape index (κ1) is 13.6. The summed E-state index contributed by atoms with van der Waals surface area (Å²) in [6.45, 7) is 1.84. The lowest BCUT2D eigenvalue weighted by Crippen LogP contribution is -2.17. The number of ether oxygens (including phenoxy) is 1. The minimum absolute atomic E-state index is 0.764. The van der Waals surface area contributed by atoms with Crippen LogP contribution in [0.25, 0.3) is 0 Å². The minimum Gasteiger partial charge on any atom is -0.497 e. The molecular formula is C16H20N2OS. The van der Waals surface area contributed by atoms with Gasteiger partial charge in [0.1, 0.15) is 5.75 Å². The van der Waals surface area contributed by atoms with Crippen LogP contribution in [0.5, 0.6) is 5.75 Å². The van der Waals surface area contributed by atoms with E-state index in [1.54, 1.807) is 7.11 Å². The summed E-state index contributed by atoms with van der Waals surface area (Å²) in [5.41, 5.74) is 2.50. The van der Waals surface area contributed by atoms with Crippen LogP contribution < -0.4 is 4.74 Å². The summed E-state index contributed by atoms with van der Waals surface area (Å²) < 4.78 is 5.18. The molecule has 1 aliphatic rings. The van der Waals surface area contributed by atoms with Gasteiger partial charge in [0.2, 0.25) is 0 Å². The molecule has 0 amide bonds. The molecule has 1 aromatic carbocycles. The second kappa shape index (κ2) is 5.94. The second-order valence-electron chi connectivity index (χ2n) is 5.47. The van der Waals surface area contributed by atoms with Gasteiger partial charge in [0, 0.05) is 24.4 Å². The molecule has 106 valence electrons. The summed E-state index contributed by atoms with van der Waals surface area (Å²) in [5, 5.41) is 3.54. The fourth-order valence-corrected chi connectivity index (χ4v) is 3.27. The van der Waals surface area contributed by atoms with Crippen molar-refractivity contribution in [1.82, 2.24) is 9.88 Å². The predicted molar refractivity (Wildman–Crippen MR) is 82.3 cm³/mol. The summed E-state index contributed by atoms with van der Waals surface area (Å²) >= 11 is 1.82. The Kier molecular flexibility index (Phi) is 4.03. The van der Waals surface area contributed by atoms with Gasteiger partial charge in [-0.1, -0.05) is 12.1 Å². The second-order valence-corrected chi connectivity index (χ2v) is 6.36. The van der Waals surface area contributed by atoms with Gasteiger partial charge in [0.05, 0.1) is 17.8 Å². The van der Waals surface area contributed by atoms with Gasteiger partial charge in [0.25, 0.3) is 0 Å². The molecule has 0 aliphatic heterocycles. The molecule has 1 fully saturated rings. The zero-order valence-electron chi connectivity index (χ0n) is 12.0. The molecule has 1 aliphatic carbocycles. The average Bonchev–Trinajstić information content (AvgIpc) is 3.20. The lowest BCUT2D eigenvalue weighted by Gasteiger charge is -2.15. The highest BCUT2D eigenvalue weighted by molar-refractivity contribution is 7.09. The third kappa shape index (κ3) is 3.38. The summed E-state index contributed by atoms with van der Waals surface area (Å²) in [5.74, 6) is 1.67. The van der Waals surface area contributed by atoms with Crippen LogP contribution in [0.3, 0.4) is 0 Å². The van der Waals surface area contributed by atoms with Crippen molar-refractivity contribution in [3.05, 3.63) is 45.9 Å². The van der Waals surface area contributed by atoms with E-state index in [0.717, 1.165) is 24.8 Å². The first-order valence-electron chi connectivity index (χ1n) is 7.00. The molecule has 0 bridgehead atoms. The van der Waals surface area contributed by atoms with Crippen molar-refractivity contribution in [3.8, 4) is 5.75 Å². The van der Waals surface area contributed by atoms with E-state index in [-0.39, 0.29) is 0 Å². The quantitative estimate of drug-likeness (QED) is 0.811. The smallest absolute Gasteiger partial charge is 0.118 e. The number of thiazole rings is 1. The highest BCUT2D eigenvalue weighted by atomic mass is 32.1. The van der Waals surface area contributed by atoms with Crippen molar-refractivity contribution in [2.45, 2.75) is 31.8 Å². The van der Waals surface area contributed by atoms with Crippen LogP contribution in [0.1, 0.15) is 35.0 Å². The molecule has 0 atom stereocenters. The maximum atomic E-state index is 5.18. The molecule has 0 saturated heterocycles. The Balaban J connectivity index is 1.56. The number of hydrogen-bond donors (Lipinski definition) is 0. The molecule has 0 unspecified atom stereocenters. The van der Waals surface area contributed by atoms with E-state index in [0.29, 0.717) is 0 Å². The van der Waals surface area contributed by atoms with E-state index in [4.69, 9.17) is 9.72 Å². The Labute approximate surface area is 124 Å². The largest absolute Gasteiger partial charge is 0.497 e. The van der Waals surface area contributed by atoms with Crippen molar-refractivity contribution in [2.24, 2.45) is 0 Å². The van der Waals surface area contributed by atoms with Gasteiger partial charge in [0.15, 0.2) is 0 Å². The number of rotatable bonds is 6. The molecule has 4 heteroatoms. The normalized spacial score (nSPS) is 14.8. The third-order valence-electron chi connectivity index (χ3n) is 3.54. The van der Waals surface area contributed by atoms with Crippen molar-refractivity contribution >= 4 is 11.3 Å². The standard InChI is InChI=1S/C16H20N2OS/c1-18(9-12-3-7-15(19-2)8-4-12)10-14-11-20-16(17-14)13-5-6-13/h3-4,7-8,11,13H,5-6,9-10H2,1-2H3. The number of nitrogens with zero attached hydrogens (tertiary/aromatic N) is 2. The molecule has 2 aromatic rings. The highest BCUT2D eigenvalue weighted by Gasteiger charge is 2.26. The van der Waals surface area contributed by atoms with Crippen LogP contribution in [-0.2, 0) is 13.1 Å². The zero-order valence-corrected chi connectivity index (χ0v) is 12.8. The summed E-state index contributed by atoms with van der Waals surface area (Å²) in [7, 11) is 3.83. The molecule has 1 aromatic heterocycles. The summed E-state index contributed by atoms with van der Waals surface area (Å²) in [6.07, 6.45) is 2.66. The Hall–Kier alpha value is -1.39. The molecule has 0 spiro atoms. The summed E-state index contributed by atoms with van der Waals surface area (Å²) in [4.78, 5) is 7.04. The van der Waals surface area contributed by atoms with E-state index in [1.165, 1.54) is 29.1 Å². The minimum atomic E-state index is 0.764. The Morgan fingerprint density at radius 3 is 2.65 bits per heavy atom. The number of benzene rings is 1. The zero-order chi connectivity index (χ0) is 13.9. The van der Waals surface area contributed by atoms with Gasteiger partial charge in [-0.3, -0.25) is 4.90 Å². The van der Waals surface area contributed by atoms with Gasteiger partial charge in [-0.2, -0.15) is 0 Å². The maximum Gasteiger partial charge on any atom is 0.118 e. The van der Waals surface area contributed by atoms with E-state index in [9.17, 15) is 0 Å². The van der Waals surface area contributed by atoms with Crippen LogP contribution in [-0.4, -0.2) is 24.0 Å². The molecule has 20 heavy (non-hydrogen) atoms. The molecule has 0 N–H and O–H groups in total. The number of hydrogen-bond acceptors (Lipinski definition) is 4. The molecule has 3 rings (SSSR count). The lowest BCUT2D eigenvalue weighted by molar-refractivity contribution is 0.315. The first-order valence-corrected chi connectivity index (χ1v) is 7.88. The fraction of sp³-hybridized carbons (Fsp3) is 0.438. The van der Waals surface area contributed by atoms with Crippen molar-refractivity contribution in [1.29, 1.82) is 0 Å². The SMILES string of the molecule is COc1ccc(CN(C)Cc2csc(C3CC3)n2)cc1. The maximum absolute atomic E-state index is 5.18. The Bertz CT molecular complexity index is 560. The van der Waals surface area contributed by atoms with E-state index < -0.39 is 0 Å². The van der Waals surface area contributed by atoms with Crippen molar-refractivity contribution in [2.75, 3.05) is 14.2 Å². The lowest BCUT2D eigenvalue weighted by atomic mass is 10.2. The van der Waals surface area contributed by atoms with Gasteiger partial charge < -0.3 is 4.74 Å². The first-order chi connectivity index (χ1) is 9.74. The van der Waals surface area contributed by atoms with Crippen LogP contribution >= 0.6 is 11.3 Å². The van der Waals surface area contributed by atoms with Crippen LogP contribution in [0.15, 0.2) is 29.6 Å². The summed E-state index contributed by atoms with van der Waals surface area (Å²) in [6, 6.07) is 8.26. The predicted octanol–water partition coefficient (Wildman–Crippen LogP) is 3.66. The molecule has 3 nitrogen and oxygen atoms in total. The van der Waals surface area contributed by atoms with Crippen molar-refractivity contribution in [3.63, 3.8) is 0 Å². The van der Waals surface area contributed by atoms with E-state index in [2.05, 4.69) is 29.5 Å². The van der Waals surface area contributed by atoms with Crippen LogP contribution in [0.2, 0.25) is 0 Å². The van der Waals surface area contributed by atoms with Gasteiger partial charge in [-0.15, -0.1) is 11.3 Å². The van der Waals surface area contributed by atoms with Crippen molar-refractivity contribution < 1.29 is 4.74 Å². The molecule has 1 saturated carbocycles. The molecule has 0 radical (unpaired) electrons. The highest BCUT2D eigenvalue weighted by Crippen LogP contribution is 2.41. The third-order valence-corrected chi connectivity index (χ3v) is 4.60. The Morgan fingerprint density at radius 2 is 2.00 bits per heavy atom. The molecule has 1 heterocycles. The van der Waals surface area contributed by atoms with Crippen LogP contribution in [0, 0.1) is 0 Å². The van der Waals surface area contributed by atoms with Gasteiger partial charge >= 0.3 is 0 Å². The van der Waals surface area contributed by atoms with E-state index >= 15 is 0 Å². The Morgan fingerprint density at radius 1 is 1.25 bits per heavy atom. The average molecular weight is 288 g/mol. The molecular weight excluding hydrogens is 268 g/mol. The topological polar surface area (TPSA) is 25.4 Å². The van der Waals surface area contributed by atoms with Gasteiger partial charge in [-0.05, 0) is 37.6 Å². The number of methoxy groups -OCH3 is 1. The number of aromatic nitrogens is 1. The van der Waals surface area contributed by atoms with Crippen LogP contribution in [0.4, 0.5) is 0 Å².